The number of nitrogens with zero attached hydrogens (tertiary/aromatic N) is 1. The Labute approximate surface area is 131 Å². The van der Waals surface area contributed by atoms with Gasteiger partial charge in [-0.05, 0) is 36.0 Å². The fourth-order valence-electron chi connectivity index (χ4n) is 2.81. The smallest absolute Gasteiger partial charge is 0.328 e. The van der Waals surface area contributed by atoms with E-state index in [2.05, 4.69) is 25.7 Å². The van der Waals surface area contributed by atoms with E-state index in [1.807, 2.05) is 12.1 Å². The summed E-state index contributed by atoms with van der Waals surface area (Å²) in [5.41, 5.74) is 2.09. The van der Waals surface area contributed by atoms with Crippen LogP contribution >= 0.6 is 11.6 Å². The van der Waals surface area contributed by atoms with Crippen LogP contribution in [0, 0.1) is 11.3 Å². The molecule has 0 spiro atoms. The lowest BCUT2D eigenvalue weighted by atomic mass is 9.80. The quantitative estimate of drug-likeness (QED) is 0.846. The molecule has 1 N–H and O–H groups in total. The van der Waals surface area contributed by atoms with Gasteiger partial charge < -0.3 is 10.0 Å². The molecule has 1 atom stereocenters. The van der Waals surface area contributed by atoms with Crippen molar-refractivity contribution in [3.63, 3.8) is 0 Å². The maximum absolute atomic E-state index is 10.8. The van der Waals surface area contributed by atoms with Crippen molar-refractivity contribution >= 4 is 29.3 Å². The molecule has 3 nitrogen and oxygen atoms in total. The first-order chi connectivity index (χ1) is 9.79. The SMILES string of the molecule is CC(C)(C)C1CCN(c2cccc(Cl)c2/C=C/C(=O)O)C1. The summed E-state index contributed by atoms with van der Waals surface area (Å²) in [6.07, 6.45) is 3.88. The molecule has 0 amide bonds. The molecule has 0 saturated carbocycles. The Hall–Kier alpha value is -1.48. The lowest BCUT2D eigenvalue weighted by Crippen LogP contribution is -2.26. The molecule has 1 aliphatic heterocycles. The summed E-state index contributed by atoms with van der Waals surface area (Å²) in [7, 11) is 0. The molecule has 0 bridgehead atoms. The fraction of sp³-hybridized carbons (Fsp3) is 0.471. The zero-order chi connectivity index (χ0) is 15.6. The second-order valence-corrected chi connectivity index (χ2v) is 7.05. The van der Waals surface area contributed by atoms with Gasteiger partial charge in [-0.1, -0.05) is 38.4 Å². The number of aliphatic carboxylic acids is 1. The molecule has 114 valence electrons. The van der Waals surface area contributed by atoms with Crippen LogP contribution in [0.25, 0.3) is 6.08 Å². The van der Waals surface area contributed by atoms with E-state index in [0.29, 0.717) is 10.9 Å². The van der Waals surface area contributed by atoms with Crippen LogP contribution in [0.4, 0.5) is 5.69 Å². The third kappa shape index (κ3) is 3.79. The van der Waals surface area contributed by atoms with E-state index in [9.17, 15) is 4.79 Å². The predicted molar refractivity (Wildman–Crippen MR) is 87.9 cm³/mol. The molecule has 1 heterocycles. The molecule has 21 heavy (non-hydrogen) atoms. The molecule has 0 aliphatic carbocycles. The third-order valence-electron chi connectivity index (χ3n) is 4.18. The van der Waals surface area contributed by atoms with Gasteiger partial charge in [-0.3, -0.25) is 0 Å². The van der Waals surface area contributed by atoms with E-state index in [1.54, 1.807) is 12.1 Å². The fourth-order valence-corrected chi connectivity index (χ4v) is 3.04. The lowest BCUT2D eigenvalue weighted by Gasteiger charge is -2.28. The van der Waals surface area contributed by atoms with Gasteiger partial charge in [0.05, 0.1) is 0 Å². The van der Waals surface area contributed by atoms with E-state index < -0.39 is 5.97 Å². The molecule has 1 aromatic carbocycles. The van der Waals surface area contributed by atoms with Crippen molar-refractivity contribution in [3.8, 4) is 0 Å². The van der Waals surface area contributed by atoms with E-state index in [4.69, 9.17) is 16.7 Å². The molecule has 1 aliphatic rings. The Morgan fingerprint density at radius 1 is 1.43 bits per heavy atom. The molecule has 1 fully saturated rings. The zero-order valence-corrected chi connectivity index (χ0v) is 13.5. The highest BCUT2D eigenvalue weighted by molar-refractivity contribution is 6.32. The highest BCUT2D eigenvalue weighted by atomic mass is 35.5. The van der Waals surface area contributed by atoms with E-state index in [-0.39, 0.29) is 5.41 Å². The minimum Gasteiger partial charge on any atom is -0.478 e. The van der Waals surface area contributed by atoms with E-state index in [1.165, 1.54) is 0 Å². The normalized spacial score (nSPS) is 19.4. The molecule has 4 heteroatoms. The average Bonchev–Trinajstić information content (AvgIpc) is 2.86. The molecule has 0 radical (unpaired) electrons. The Morgan fingerprint density at radius 2 is 2.14 bits per heavy atom. The number of rotatable bonds is 3. The summed E-state index contributed by atoms with van der Waals surface area (Å²) in [4.78, 5) is 13.1. The van der Waals surface area contributed by atoms with Crippen LogP contribution in [0.1, 0.15) is 32.8 Å². The van der Waals surface area contributed by atoms with Crippen LogP contribution in [-0.2, 0) is 4.79 Å². The average molecular weight is 308 g/mol. The number of carboxylic acids is 1. The molecule has 1 saturated heterocycles. The standard InChI is InChI=1S/C17H22ClNO2/c1-17(2,3)12-9-10-19(11-12)15-6-4-5-14(18)13(15)7-8-16(20)21/h4-8,12H,9-11H2,1-3H3,(H,20,21)/b8-7+. The summed E-state index contributed by atoms with van der Waals surface area (Å²) in [5.74, 6) is -0.331. The van der Waals surface area contributed by atoms with Gasteiger partial charge in [-0.2, -0.15) is 0 Å². The number of carbonyl (C=O) groups is 1. The Kier molecular flexibility index (Phi) is 4.62. The number of hydrogen-bond donors (Lipinski definition) is 1. The van der Waals surface area contributed by atoms with Crippen molar-refractivity contribution in [1.29, 1.82) is 0 Å². The minimum atomic E-state index is -0.963. The Balaban J connectivity index is 2.29. The lowest BCUT2D eigenvalue weighted by molar-refractivity contribution is -0.131. The van der Waals surface area contributed by atoms with Gasteiger partial charge in [-0.25, -0.2) is 4.79 Å². The maximum Gasteiger partial charge on any atom is 0.328 e. The minimum absolute atomic E-state index is 0.282. The second kappa shape index (κ2) is 6.10. The van der Waals surface area contributed by atoms with Crippen molar-refractivity contribution in [2.24, 2.45) is 11.3 Å². The Morgan fingerprint density at radius 3 is 2.71 bits per heavy atom. The van der Waals surface area contributed by atoms with Crippen LogP contribution in [-0.4, -0.2) is 24.2 Å². The first-order valence-corrected chi connectivity index (χ1v) is 7.61. The maximum atomic E-state index is 10.8. The molecule has 1 unspecified atom stereocenters. The number of benzene rings is 1. The summed E-state index contributed by atoms with van der Waals surface area (Å²) in [5, 5.41) is 9.41. The topological polar surface area (TPSA) is 40.5 Å². The third-order valence-corrected chi connectivity index (χ3v) is 4.51. The van der Waals surface area contributed by atoms with Crippen molar-refractivity contribution in [2.75, 3.05) is 18.0 Å². The van der Waals surface area contributed by atoms with Crippen molar-refractivity contribution in [2.45, 2.75) is 27.2 Å². The van der Waals surface area contributed by atoms with Gasteiger partial charge in [0.25, 0.3) is 0 Å². The zero-order valence-electron chi connectivity index (χ0n) is 12.8. The second-order valence-electron chi connectivity index (χ2n) is 6.64. The van der Waals surface area contributed by atoms with E-state index >= 15 is 0 Å². The van der Waals surface area contributed by atoms with Crippen LogP contribution in [0.5, 0.6) is 0 Å². The summed E-state index contributed by atoms with van der Waals surface area (Å²) in [6.45, 7) is 8.77. The molecule has 0 aromatic heterocycles. The van der Waals surface area contributed by atoms with Crippen LogP contribution in [0.3, 0.4) is 0 Å². The van der Waals surface area contributed by atoms with Crippen LogP contribution in [0.15, 0.2) is 24.3 Å². The highest BCUT2D eigenvalue weighted by Gasteiger charge is 2.32. The van der Waals surface area contributed by atoms with Crippen LogP contribution < -0.4 is 4.90 Å². The van der Waals surface area contributed by atoms with Crippen molar-refractivity contribution in [3.05, 3.63) is 34.9 Å². The van der Waals surface area contributed by atoms with Crippen molar-refractivity contribution < 1.29 is 9.90 Å². The number of hydrogen-bond acceptors (Lipinski definition) is 2. The predicted octanol–water partition coefficient (Wildman–Crippen LogP) is 4.31. The summed E-state index contributed by atoms with van der Waals surface area (Å²) in [6, 6.07) is 5.72. The first kappa shape index (κ1) is 15.9. The Bertz CT molecular complexity index is 560. The molecule has 1 aromatic rings. The highest BCUT2D eigenvalue weighted by Crippen LogP contribution is 2.38. The van der Waals surface area contributed by atoms with Gasteiger partial charge in [-0.15, -0.1) is 0 Å². The summed E-state index contributed by atoms with van der Waals surface area (Å²) < 4.78 is 0. The number of halogens is 1. The first-order valence-electron chi connectivity index (χ1n) is 7.23. The van der Waals surface area contributed by atoms with Gasteiger partial charge in [0.1, 0.15) is 0 Å². The summed E-state index contributed by atoms with van der Waals surface area (Å²) >= 11 is 6.25. The number of anilines is 1. The van der Waals surface area contributed by atoms with Gasteiger partial charge in [0.2, 0.25) is 0 Å². The van der Waals surface area contributed by atoms with Gasteiger partial charge >= 0.3 is 5.97 Å². The van der Waals surface area contributed by atoms with Gasteiger partial charge in [0.15, 0.2) is 0 Å². The van der Waals surface area contributed by atoms with E-state index in [0.717, 1.165) is 36.8 Å². The molecular weight excluding hydrogens is 286 g/mol. The van der Waals surface area contributed by atoms with Crippen LogP contribution in [0.2, 0.25) is 5.02 Å². The molecular formula is C17H22ClNO2. The van der Waals surface area contributed by atoms with Gasteiger partial charge in [0, 0.05) is 35.4 Å². The molecule has 2 rings (SSSR count). The largest absolute Gasteiger partial charge is 0.478 e. The monoisotopic (exact) mass is 307 g/mol. The van der Waals surface area contributed by atoms with Crippen molar-refractivity contribution in [1.82, 2.24) is 0 Å². The number of carboxylic acid groups (broad SMARTS) is 1.